The molecule has 0 saturated heterocycles. The molecule has 1 heterocycles. The molecule has 22 heavy (non-hydrogen) atoms. The molecule has 1 N–H and O–H groups in total. The molecule has 1 atom stereocenters. The quantitative estimate of drug-likeness (QED) is 0.753. The molecular formula is C16H21N3O3. The Kier molecular flexibility index (Phi) is 5.50. The second-order valence-electron chi connectivity index (χ2n) is 5.53. The molecule has 0 bridgehead atoms. The minimum absolute atomic E-state index is 0.0518. The number of hydrogen-bond acceptors (Lipinski definition) is 5. The average Bonchev–Trinajstić information content (AvgIpc) is 2.75. The molecule has 0 radical (unpaired) electrons. The minimum Gasteiger partial charge on any atom is -0.394 e. The van der Waals surface area contributed by atoms with Crippen LogP contribution in [0.15, 0.2) is 18.2 Å². The van der Waals surface area contributed by atoms with Gasteiger partial charge in [-0.15, -0.1) is 0 Å². The summed E-state index contributed by atoms with van der Waals surface area (Å²) in [6, 6.07) is 7.31. The lowest BCUT2D eigenvalue weighted by atomic mass is 10.0. The Bertz CT molecular complexity index is 580. The van der Waals surface area contributed by atoms with Crippen LogP contribution < -0.4 is 0 Å². The maximum Gasteiger partial charge on any atom is 0.255 e. The number of carbonyl (C=O) groups excluding carboxylic acids is 1. The van der Waals surface area contributed by atoms with Crippen LogP contribution in [0.3, 0.4) is 0 Å². The monoisotopic (exact) mass is 303 g/mol. The number of aliphatic hydroxyl groups is 1. The molecule has 6 nitrogen and oxygen atoms in total. The Morgan fingerprint density at radius 3 is 2.82 bits per heavy atom. The Balaban J connectivity index is 2.17. The smallest absolute Gasteiger partial charge is 0.255 e. The van der Waals surface area contributed by atoms with Crippen LogP contribution in [0, 0.1) is 11.3 Å². The van der Waals surface area contributed by atoms with Gasteiger partial charge in [0.25, 0.3) is 5.91 Å². The van der Waals surface area contributed by atoms with Gasteiger partial charge in [-0.2, -0.15) is 5.26 Å². The van der Waals surface area contributed by atoms with E-state index in [1.165, 1.54) is 4.90 Å². The summed E-state index contributed by atoms with van der Waals surface area (Å²) in [6.07, 6.45) is 0. The SMILES string of the molecule is CN(C)Cc1ccc2c(c1)C(C#N)N(CCOCCO)C2=O. The second-order valence-corrected chi connectivity index (χ2v) is 5.53. The standard InChI is InChI=1S/C16H21N3O3/c1-18(2)11-12-3-4-13-14(9-12)15(10-17)19(16(13)21)5-7-22-8-6-20/h3-4,9,15,20H,5-8,11H2,1-2H3. The van der Waals surface area contributed by atoms with Crippen molar-refractivity contribution in [3.05, 3.63) is 34.9 Å². The van der Waals surface area contributed by atoms with Gasteiger partial charge in [-0.25, -0.2) is 0 Å². The van der Waals surface area contributed by atoms with Crippen LogP contribution >= 0.6 is 0 Å². The van der Waals surface area contributed by atoms with Crippen molar-refractivity contribution in [3.8, 4) is 6.07 Å². The molecule has 0 saturated carbocycles. The predicted molar refractivity (Wildman–Crippen MR) is 81.1 cm³/mol. The number of carbonyl (C=O) groups is 1. The van der Waals surface area contributed by atoms with Crippen molar-refractivity contribution < 1.29 is 14.6 Å². The lowest BCUT2D eigenvalue weighted by Crippen LogP contribution is -2.31. The van der Waals surface area contributed by atoms with E-state index in [0.29, 0.717) is 18.7 Å². The lowest BCUT2D eigenvalue weighted by Gasteiger charge is -2.19. The number of nitriles is 1. The second kappa shape index (κ2) is 7.36. The summed E-state index contributed by atoms with van der Waals surface area (Å²) < 4.78 is 5.20. The molecular weight excluding hydrogens is 282 g/mol. The zero-order valence-corrected chi connectivity index (χ0v) is 13.0. The van der Waals surface area contributed by atoms with Crippen molar-refractivity contribution in [2.45, 2.75) is 12.6 Å². The maximum absolute atomic E-state index is 12.4. The molecule has 118 valence electrons. The molecule has 0 spiro atoms. The van der Waals surface area contributed by atoms with Gasteiger partial charge in [-0.1, -0.05) is 12.1 Å². The lowest BCUT2D eigenvalue weighted by molar-refractivity contribution is 0.0557. The third-order valence-corrected chi connectivity index (χ3v) is 3.55. The van der Waals surface area contributed by atoms with E-state index in [-0.39, 0.29) is 19.1 Å². The van der Waals surface area contributed by atoms with E-state index < -0.39 is 6.04 Å². The average molecular weight is 303 g/mol. The summed E-state index contributed by atoms with van der Waals surface area (Å²) in [7, 11) is 3.95. The van der Waals surface area contributed by atoms with E-state index in [9.17, 15) is 10.1 Å². The zero-order valence-electron chi connectivity index (χ0n) is 13.0. The van der Waals surface area contributed by atoms with Crippen molar-refractivity contribution in [2.75, 3.05) is 40.5 Å². The molecule has 0 fully saturated rings. The Morgan fingerprint density at radius 2 is 2.18 bits per heavy atom. The van der Waals surface area contributed by atoms with Crippen LogP contribution in [0.2, 0.25) is 0 Å². The molecule has 1 aromatic carbocycles. The van der Waals surface area contributed by atoms with Crippen LogP contribution in [-0.4, -0.2) is 61.3 Å². The first kappa shape index (κ1) is 16.4. The van der Waals surface area contributed by atoms with Crippen molar-refractivity contribution >= 4 is 5.91 Å². The Labute approximate surface area is 130 Å². The van der Waals surface area contributed by atoms with Crippen LogP contribution in [0.25, 0.3) is 0 Å². The van der Waals surface area contributed by atoms with Crippen molar-refractivity contribution in [2.24, 2.45) is 0 Å². The van der Waals surface area contributed by atoms with Gasteiger partial charge in [0, 0.05) is 24.2 Å². The van der Waals surface area contributed by atoms with Gasteiger partial charge in [-0.05, 0) is 25.7 Å². The van der Waals surface area contributed by atoms with E-state index in [4.69, 9.17) is 9.84 Å². The van der Waals surface area contributed by atoms with Crippen LogP contribution in [0.4, 0.5) is 0 Å². The van der Waals surface area contributed by atoms with E-state index in [0.717, 1.165) is 17.7 Å². The molecule has 1 unspecified atom stereocenters. The highest BCUT2D eigenvalue weighted by molar-refractivity contribution is 5.99. The zero-order chi connectivity index (χ0) is 16.1. The Morgan fingerprint density at radius 1 is 1.41 bits per heavy atom. The van der Waals surface area contributed by atoms with Gasteiger partial charge in [0.1, 0.15) is 6.04 Å². The first-order valence-electron chi connectivity index (χ1n) is 7.25. The summed E-state index contributed by atoms with van der Waals surface area (Å²) in [6.45, 7) is 1.60. The highest BCUT2D eigenvalue weighted by atomic mass is 16.5. The maximum atomic E-state index is 12.4. The molecule has 2 rings (SSSR count). The van der Waals surface area contributed by atoms with E-state index in [2.05, 4.69) is 6.07 Å². The molecule has 1 aliphatic rings. The molecule has 1 amide bonds. The summed E-state index contributed by atoms with van der Waals surface area (Å²) in [5, 5.41) is 18.1. The van der Waals surface area contributed by atoms with Crippen molar-refractivity contribution in [3.63, 3.8) is 0 Å². The largest absolute Gasteiger partial charge is 0.394 e. The summed E-state index contributed by atoms with van der Waals surface area (Å²) in [4.78, 5) is 16.0. The third kappa shape index (κ3) is 3.45. The van der Waals surface area contributed by atoms with Crippen molar-refractivity contribution in [1.29, 1.82) is 5.26 Å². The third-order valence-electron chi connectivity index (χ3n) is 3.55. The molecule has 1 aliphatic heterocycles. The summed E-state index contributed by atoms with van der Waals surface area (Å²) in [5.74, 6) is -0.134. The first-order chi connectivity index (χ1) is 10.6. The van der Waals surface area contributed by atoms with E-state index >= 15 is 0 Å². The predicted octanol–water partition coefficient (Wildman–Crippen LogP) is 0.778. The van der Waals surface area contributed by atoms with Gasteiger partial charge in [0.2, 0.25) is 0 Å². The van der Waals surface area contributed by atoms with Gasteiger partial charge in [0.05, 0.1) is 25.9 Å². The normalized spacial score (nSPS) is 17.0. The fourth-order valence-corrected chi connectivity index (χ4v) is 2.64. The number of aliphatic hydroxyl groups excluding tert-OH is 1. The van der Waals surface area contributed by atoms with Crippen LogP contribution in [0.1, 0.15) is 27.5 Å². The molecule has 0 aromatic heterocycles. The number of rotatable bonds is 7. The van der Waals surface area contributed by atoms with Crippen LogP contribution in [-0.2, 0) is 11.3 Å². The highest BCUT2D eigenvalue weighted by Crippen LogP contribution is 2.33. The number of amides is 1. The topological polar surface area (TPSA) is 76.8 Å². The fourth-order valence-electron chi connectivity index (χ4n) is 2.64. The molecule has 6 heteroatoms. The molecule has 0 aliphatic carbocycles. The number of ether oxygens (including phenoxy) is 1. The number of benzene rings is 1. The minimum atomic E-state index is -0.567. The summed E-state index contributed by atoms with van der Waals surface area (Å²) in [5.41, 5.74) is 2.44. The Hall–Kier alpha value is -1.94. The number of hydrogen-bond donors (Lipinski definition) is 1. The molecule has 1 aromatic rings. The van der Waals surface area contributed by atoms with Gasteiger partial charge in [-0.3, -0.25) is 4.79 Å². The fraction of sp³-hybridized carbons (Fsp3) is 0.500. The highest BCUT2D eigenvalue weighted by Gasteiger charge is 2.36. The van der Waals surface area contributed by atoms with Crippen molar-refractivity contribution in [1.82, 2.24) is 9.80 Å². The van der Waals surface area contributed by atoms with Gasteiger partial charge >= 0.3 is 0 Å². The van der Waals surface area contributed by atoms with Gasteiger partial charge in [0.15, 0.2) is 0 Å². The summed E-state index contributed by atoms with van der Waals surface area (Å²) >= 11 is 0. The van der Waals surface area contributed by atoms with Crippen LogP contribution in [0.5, 0.6) is 0 Å². The van der Waals surface area contributed by atoms with E-state index in [1.54, 1.807) is 6.07 Å². The first-order valence-corrected chi connectivity index (χ1v) is 7.25. The van der Waals surface area contributed by atoms with Gasteiger partial charge < -0.3 is 19.6 Å². The number of fused-ring (bicyclic) bond motifs is 1. The number of nitrogens with zero attached hydrogens (tertiary/aromatic N) is 3. The van der Waals surface area contributed by atoms with E-state index in [1.807, 2.05) is 31.1 Å².